The maximum Gasteiger partial charge on any atom is 0.317 e. The van der Waals surface area contributed by atoms with Gasteiger partial charge in [0.25, 0.3) is 0 Å². The molecule has 1 rings (SSSR count). The van der Waals surface area contributed by atoms with E-state index >= 15 is 0 Å². The van der Waals surface area contributed by atoms with Gasteiger partial charge in [0.05, 0.1) is 5.92 Å². The Bertz CT molecular complexity index is 325. The molecule has 0 spiro atoms. The molecule has 2 N–H and O–H groups in total. The number of amides is 2. The molecule has 0 radical (unpaired) electrons. The first-order chi connectivity index (χ1) is 10.1. The van der Waals surface area contributed by atoms with Crippen LogP contribution in [0.2, 0.25) is 0 Å². The van der Waals surface area contributed by atoms with Crippen LogP contribution in [0.3, 0.4) is 0 Å². The molecule has 2 unspecified atom stereocenters. The van der Waals surface area contributed by atoms with Gasteiger partial charge >= 0.3 is 12.0 Å². The minimum Gasteiger partial charge on any atom is -0.481 e. The number of urea groups is 1. The Morgan fingerprint density at radius 2 is 1.67 bits per heavy atom. The van der Waals surface area contributed by atoms with E-state index in [0.717, 1.165) is 58.0 Å². The van der Waals surface area contributed by atoms with Gasteiger partial charge in [-0.15, -0.1) is 0 Å². The number of carboxylic acids is 1. The van der Waals surface area contributed by atoms with Crippen molar-refractivity contribution in [2.45, 2.75) is 71.3 Å². The number of nitrogens with zero attached hydrogens (tertiary/aromatic N) is 1. The average Bonchev–Trinajstić information content (AvgIpc) is 2.47. The molecule has 0 aromatic carbocycles. The molecule has 122 valence electrons. The van der Waals surface area contributed by atoms with Gasteiger partial charge in [0.15, 0.2) is 0 Å². The van der Waals surface area contributed by atoms with E-state index in [4.69, 9.17) is 0 Å². The molecule has 2 amide bonds. The van der Waals surface area contributed by atoms with Crippen LogP contribution in [0.1, 0.15) is 65.2 Å². The zero-order chi connectivity index (χ0) is 15.7. The van der Waals surface area contributed by atoms with E-state index in [0.29, 0.717) is 6.42 Å². The standard InChI is InChI=1S/C16H30N2O3/c1-3-5-11-18(12-6-4-2)16(21)17-14-10-8-7-9-13(14)15(19)20/h13-14H,3-12H2,1-2H3,(H,17,21)(H,19,20). The number of nitrogens with one attached hydrogen (secondary N) is 1. The van der Waals surface area contributed by atoms with E-state index in [1.165, 1.54) is 0 Å². The average molecular weight is 298 g/mol. The Hall–Kier alpha value is -1.26. The molecule has 0 bridgehead atoms. The third-order valence-electron chi connectivity index (χ3n) is 4.24. The predicted molar refractivity (Wildman–Crippen MR) is 83.3 cm³/mol. The van der Waals surface area contributed by atoms with E-state index < -0.39 is 11.9 Å². The molecular weight excluding hydrogens is 268 g/mol. The summed E-state index contributed by atoms with van der Waals surface area (Å²) < 4.78 is 0. The molecule has 5 nitrogen and oxygen atoms in total. The minimum absolute atomic E-state index is 0.0879. The summed E-state index contributed by atoms with van der Waals surface area (Å²) in [6.07, 6.45) is 7.47. The summed E-state index contributed by atoms with van der Waals surface area (Å²) in [5, 5.41) is 12.3. The number of carbonyl (C=O) groups is 2. The molecule has 0 aromatic rings. The van der Waals surface area contributed by atoms with Crippen LogP contribution in [-0.4, -0.2) is 41.1 Å². The summed E-state index contributed by atoms with van der Waals surface area (Å²) in [4.78, 5) is 25.6. The summed E-state index contributed by atoms with van der Waals surface area (Å²) in [5.74, 6) is -1.21. The number of hydrogen-bond acceptors (Lipinski definition) is 2. The number of rotatable bonds is 8. The van der Waals surface area contributed by atoms with E-state index in [9.17, 15) is 14.7 Å². The fourth-order valence-corrected chi connectivity index (χ4v) is 2.86. The Balaban J connectivity index is 2.58. The van der Waals surface area contributed by atoms with E-state index in [2.05, 4.69) is 19.2 Å². The molecule has 0 saturated heterocycles. The van der Waals surface area contributed by atoms with Gasteiger partial charge in [-0.1, -0.05) is 39.5 Å². The first-order valence-corrected chi connectivity index (χ1v) is 8.38. The number of carboxylic acid groups (broad SMARTS) is 1. The molecule has 1 fully saturated rings. The third kappa shape index (κ3) is 5.94. The van der Waals surface area contributed by atoms with Crippen LogP contribution >= 0.6 is 0 Å². The van der Waals surface area contributed by atoms with E-state index in [-0.39, 0.29) is 12.1 Å². The number of hydrogen-bond donors (Lipinski definition) is 2. The SMILES string of the molecule is CCCCN(CCCC)C(=O)NC1CCCCC1C(=O)O. The lowest BCUT2D eigenvalue weighted by Crippen LogP contribution is -2.50. The number of carbonyl (C=O) groups excluding carboxylic acids is 1. The Kier molecular flexibility index (Phi) is 8.16. The smallest absolute Gasteiger partial charge is 0.317 e. The first-order valence-electron chi connectivity index (χ1n) is 8.38. The van der Waals surface area contributed by atoms with Crippen LogP contribution in [-0.2, 0) is 4.79 Å². The van der Waals surface area contributed by atoms with E-state index in [1.807, 2.05) is 4.90 Å². The van der Waals surface area contributed by atoms with Crippen LogP contribution in [0.25, 0.3) is 0 Å². The summed E-state index contributed by atoms with van der Waals surface area (Å²) in [6, 6.07) is -0.301. The predicted octanol–water partition coefficient (Wildman–Crippen LogP) is 3.24. The highest BCUT2D eigenvalue weighted by Gasteiger charge is 2.32. The van der Waals surface area contributed by atoms with E-state index in [1.54, 1.807) is 0 Å². The molecule has 5 heteroatoms. The van der Waals surface area contributed by atoms with Gasteiger partial charge in [-0.25, -0.2) is 4.79 Å². The summed E-state index contributed by atoms with van der Waals surface area (Å²) in [7, 11) is 0. The Labute approximate surface area is 128 Å². The van der Waals surface area contributed by atoms with Gasteiger partial charge in [-0.2, -0.15) is 0 Å². The molecule has 21 heavy (non-hydrogen) atoms. The molecule has 1 saturated carbocycles. The molecule has 0 aromatic heterocycles. The van der Waals surface area contributed by atoms with Crippen molar-refractivity contribution >= 4 is 12.0 Å². The normalized spacial score (nSPS) is 21.8. The van der Waals surface area contributed by atoms with Crippen LogP contribution < -0.4 is 5.32 Å². The molecule has 0 heterocycles. The highest BCUT2D eigenvalue weighted by molar-refractivity contribution is 5.77. The maximum absolute atomic E-state index is 12.4. The molecule has 0 aliphatic heterocycles. The summed E-state index contributed by atoms with van der Waals surface area (Å²) >= 11 is 0. The van der Waals surface area contributed by atoms with Crippen molar-refractivity contribution in [2.75, 3.05) is 13.1 Å². The van der Waals surface area contributed by atoms with Gasteiger partial charge in [-0.05, 0) is 25.7 Å². The highest BCUT2D eigenvalue weighted by atomic mass is 16.4. The number of unbranched alkanes of at least 4 members (excludes halogenated alkanes) is 2. The maximum atomic E-state index is 12.4. The second kappa shape index (κ2) is 9.64. The quantitative estimate of drug-likeness (QED) is 0.722. The van der Waals surface area contributed by atoms with Crippen molar-refractivity contribution in [2.24, 2.45) is 5.92 Å². The highest BCUT2D eigenvalue weighted by Crippen LogP contribution is 2.24. The van der Waals surface area contributed by atoms with Gasteiger partial charge < -0.3 is 15.3 Å². The molecular formula is C16H30N2O3. The third-order valence-corrected chi connectivity index (χ3v) is 4.24. The van der Waals surface area contributed by atoms with Gasteiger partial charge in [0.2, 0.25) is 0 Å². The van der Waals surface area contributed by atoms with Gasteiger partial charge in [-0.3, -0.25) is 4.79 Å². The first kappa shape index (κ1) is 17.8. The number of aliphatic carboxylic acids is 1. The molecule has 1 aliphatic carbocycles. The molecule has 2 atom stereocenters. The zero-order valence-corrected chi connectivity index (χ0v) is 13.4. The lowest BCUT2D eigenvalue weighted by atomic mass is 9.84. The van der Waals surface area contributed by atoms with Crippen molar-refractivity contribution in [3.8, 4) is 0 Å². The fraction of sp³-hybridized carbons (Fsp3) is 0.875. The van der Waals surface area contributed by atoms with Crippen LogP contribution in [0.5, 0.6) is 0 Å². The van der Waals surface area contributed by atoms with Crippen molar-refractivity contribution in [3.05, 3.63) is 0 Å². The Morgan fingerprint density at radius 3 is 2.19 bits per heavy atom. The molecule has 1 aliphatic rings. The topological polar surface area (TPSA) is 69.6 Å². The minimum atomic E-state index is -0.784. The summed E-state index contributed by atoms with van der Waals surface area (Å²) in [5.41, 5.74) is 0. The van der Waals surface area contributed by atoms with Crippen molar-refractivity contribution in [3.63, 3.8) is 0 Å². The summed E-state index contributed by atoms with van der Waals surface area (Å²) in [6.45, 7) is 5.73. The van der Waals surface area contributed by atoms with Gasteiger partial charge in [0.1, 0.15) is 0 Å². The van der Waals surface area contributed by atoms with Crippen LogP contribution in [0.4, 0.5) is 4.79 Å². The van der Waals surface area contributed by atoms with Crippen LogP contribution in [0, 0.1) is 5.92 Å². The lowest BCUT2D eigenvalue weighted by Gasteiger charge is -2.32. The fourth-order valence-electron chi connectivity index (χ4n) is 2.86. The second-order valence-corrected chi connectivity index (χ2v) is 5.98. The zero-order valence-electron chi connectivity index (χ0n) is 13.4. The van der Waals surface area contributed by atoms with Crippen LogP contribution in [0.15, 0.2) is 0 Å². The van der Waals surface area contributed by atoms with Gasteiger partial charge in [0, 0.05) is 19.1 Å². The second-order valence-electron chi connectivity index (χ2n) is 5.98. The monoisotopic (exact) mass is 298 g/mol. The van der Waals surface area contributed by atoms with Crippen molar-refractivity contribution in [1.82, 2.24) is 10.2 Å². The lowest BCUT2D eigenvalue weighted by molar-refractivity contribution is -0.143. The Morgan fingerprint density at radius 1 is 1.10 bits per heavy atom. The van der Waals surface area contributed by atoms with Crippen molar-refractivity contribution < 1.29 is 14.7 Å². The largest absolute Gasteiger partial charge is 0.481 e. The van der Waals surface area contributed by atoms with Crippen molar-refractivity contribution in [1.29, 1.82) is 0 Å².